The number of carbonyl (C=O) groups is 3. The molecule has 0 N–H and O–H groups in total. The summed E-state index contributed by atoms with van der Waals surface area (Å²) in [5.74, 6) is -1.17. The molecule has 1 heterocycles. The van der Waals surface area contributed by atoms with Crippen molar-refractivity contribution in [2.24, 2.45) is 0 Å². The number of esters is 2. The third kappa shape index (κ3) is 5.40. The second-order valence-electron chi connectivity index (χ2n) is 3.97. The molecule has 7 heteroatoms. The molecule has 20 heavy (non-hydrogen) atoms. The van der Waals surface area contributed by atoms with Crippen LogP contribution in [-0.4, -0.2) is 50.1 Å². The quantitative estimate of drug-likeness (QED) is 0.698. The Balaban J connectivity index is 2.62. The molecular formula is C13H17NO5S. The average molecular weight is 299 g/mol. The predicted molar refractivity (Wildman–Crippen MR) is 73.3 cm³/mol. The highest BCUT2D eigenvalue weighted by Crippen LogP contribution is 2.11. The Labute approximate surface area is 121 Å². The van der Waals surface area contributed by atoms with E-state index in [9.17, 15) is 14.4 Å². The summed E-state index contributed by atoms with van der Waals surface area (Å²) in [6.07, 6.45) is 0.250. The molecule has 0 aliphatic heterocycles. The summed E-state index contributed by atoms with van der Waals surface area (Å²) < 4.78 is 9.08. The minimum Gasteiger partial charge on any atom is -0.469 e. The van der Waals surface area contributed by atoms with Crippen LogP contribution >= 0.6 is 11.3 Å². The van der Waals surface area contributed by atoms with Crippen molar-refractivity contribution in [3.63, 3.8) is 0 Å². The van der Waals surface area contributed by atoms with Crippen molar-refractivity contribution in [1.29, 1.82) is 0 Å². The smallest absolute Gasteiger partial charge is 0.325 e. The van der Waals surface area contributed by atoms with E-state index in [1.54, 1.807) is 0 Å². The fraction of sp³-hybridized carbons (Fsp3) is 0.462. The summed E-state index contributed by atoms with van der Waals surface area (Å²) in [7, 11) is 2.53. The summed E-state index contributed by atoms with van der Waals surface area (Å²) in [5.41, 5.74) is 0. The van der Waals surface area contributed by atoms with Gasteiger partial charge in [-0.15, -0.1) is 11.3 Å². The van der Waals surface area contributed by atoms with Gasteiger partial charge in [0.1, 0.15) is 6.54 Å². The van der Waals surface area contributed by atoms with Crippen LogP contribution in [0.1, 0.15) is 11.3 Å². The molecule has 110 valence electrons. The Morgan fingerprint density at radius 2 is 1.90 bits per heavy atom. The third-order valence-electron chi connectivity index (χ3n) is 2.62. The Morgan fingerprint density at radius 3 is 2.45 bits per heavy atom. The molecule has 0 aliphatic rings. The number of hydrogen-bond acceptors (Lipinski definition) is 6. The van der Waals surface area contributed by atoms with Crippen LogP contribution in [0.15, 0.2) is 17.5 Å². The van der Waals surface area contributed by atoms with Gasteiger partial charge in [-0.05, 0) is 11.4 Å². The average Bonchev–Trinajstić information content (AvgIpc) is 2.95. The lowest BCUT2D eigenvalue weighted by Crippen LogP contribution is -2.38. The summed E-state index contributed by atoms with van der Waals surface area (Å²) in [5, 5.41) is 1.88. The molecule has 6 nitrogen and oxygen atoms in total. The molecule has 1 rings (SSSR count). The largest absolute Gasteiger partial charge is 0.469 e. The van der Waals surface area contributed by atoms with Crippen LogP contribution in [0.4, 0.5) is 0 Å². The van der Waals surface area contributed by atoms with E-state index in [4.69, 9.17) is 0 Å². The molecule has 0 unspecified atom stereocenters. The van der Waals surface area contributed by atoms with E-state index in [0.717, 1.165) is 4.88 Å². The van der Waals surface area contributed by atoms with Crippen molar-refractivity contribution >= 4 is 29.2 Å². The van der Waals surface area contributed by atoms with Crippen LogP contribution in [0, 0.1) is 0 Å². The fourth-order valence-corrected chi connectivity index (χ4v) is 2.21. The zero-order chi connectivity index (χ0) is 15.0. The highest BCUT2D eigenvalue weighted by Gasteiger charge is 2.19. The van der Waals surface area contributed by atoms with Gasteiger partial charge in [0, 0.05) is 11.4 Å². The van der Waals surface area contributed by atoms with Gasteiger partial charge in [-0.2, -0.15) is 0 Å². The van der Waals surface area contributed by atoms with Crippen molar-refractivity contribution in [1.82, 2.24) is 4.90 Å². The number of amides is 1. The van der Waals surface area contributed by atoms with Crippen LogP contribution in [0.25, 0.3) is 0 Å². The van der Waals surface area contributed by atoms with E-state index in [0.29, 0.717) is 0 Å². The fourth-order valence-electron chi connectivity index (χ4n) is 1.51. The lowest BCUT2D eigenvalue weighted by molar-refractivity contribution is -0.148. The van der Waals surface area contributed by atoms with Crippen LogP contribution in [0.3, 0.4) is 0 Å². The van der Waals surface area contributed by atoms with Gasteiger partial charge in [0.05, 0.1) is 27.1 Å². The molecule has 1 aromatic heterocycles. The standard InChI is InChI=1S/C13H17NO5S/c1-18-12(16)5-6-14(9-13(17)19-2)11(15)8-10-4-3-7-20-10/h3-4,7H,5-6,8-9H2,1-2H3. The lowest BCUT2D eigenvalue weighted by atomic mass is 10.3. The molecule has 0 bridgehead atoms. The van der Waals surface area contributed by atoms with Crippen LogP contribution in [-0.2, 0) is 30.3 Å². The molecule has 0 spiro atoms. The van der Waals surface area contributed by atoms with E-state index in [1.165, 1.54) is 30.5 Å². The molecule has 0 saturated carbocycles. The van der Waals surface area contributed by atoms with Gasteiger partial charge in [-0.3, -0.25) is 14.4 Å². The van der Waals surface area contributed by atoms with Crippen molar-refractivity contribution in [2.45, 2.75) is 12.8 Å². The van der Waals surface area contributed by atoms with Gasteiger partial charge in [-0.1, -0.05) is 6.07 Å². The SMILES string of the molecule is COC(=O)CCN(CC(=O)OC)C(=O)Cc1cccs1. The van der Waals surface area contributed by atoms with E-state index >= 15 is 0 Å². The van der Waals surface area contributed by atoms with Crippen LogP contribution in [0.2, 0.25) is 0 Å². The van der Waals surface area contributed by atoms with E-state index in [-0.39, 0.29) is 31.8 Å². The molecule has 0 radical (unpaired) electrons. The summed E-state index contributed by atoms with van der Waals surface area (Å²) in [6.45, 7) is -0.0380. The second kappa shape index (κ2) is 8.31. The maximum Gasteiger partial charge on any atom is 0.325 e. The van der Waals surface area contributed by atoms with Gasteiger partial charge in [-0.25, -0.2) is 0 Å². The second-order valence-corrected chi connectivity index (χ2v) is 5.01. The normalized spacial score (nSPS) is 9.90. The first-order valence-electron chi connectivity index (χ1n) is 6.00. The first-order chi connectivity index (χ1) is 9.56. The van der Waals surface area contributed by atoms with Crippen molar-refractivity contribution in [3.05, 3.63) is 22.4 Å². The lowest BCUT2D eigenvalue weighted by Gasteiger charge is -2.20. The van der Waals surface area contributed by atoms with Gasteiger partial charge in [0.15, 0.2) is 0 Å². The summed E-state index contributed by atoms with van der Waals surface area (Å²) in [4.78, 5) is 36.8. The number of thiophene rings is 1. The van der Waals surface area contributed by atoms with Gasteiger partial charge in [0.25, 0.3) is 0 Å². The monoisotopic (exact) mass is 299 g/mol. The first-order valence-corrected chi connectivity index (χ1v) is 6.88. The highest BCUT2D eigenvalue weighted by molar-refractivity contribution is 7.10. The molecule has 0 aromatic carbocycles. The summed E-state index contributed by atoms with van der Waals surface area (Å²) in [6, 6.07) is 3.70. The Hall–Kier alpha value is -1.89. The number of methoxy groups -OCH3 is 2. The summed E-state index contributed by atoms with van der Waals surface area (Å²) >= 11 is 1.47. The molecule has 0 atom stereocenters. The molecular weight excluding hydrogens is 282 g/mol. The zero-order valence-corrected chi connectivity index (χ0v) is 12.3. The minimum absolute atomic E-state index is 0.0453. The molecule has 1 aromatic rings. The van der Waals surface area contributed by atoms with Crippen molar-refractivity contribution in [3.8, 4) is 0 Å². The maximum atomic E-state index is 12.1. The zero-order valence-electron chi connectivity index (χ0n) is 11.5. The van der Waals surface area contributed by atoms with Crippen LogP contribution < -0.4 is 0 Å². The molecule has 0 saturated heterocycles. The van der Waals surface area contributed by atoms with Crippen LogP contribution in [0.5, 0.6) is 0 Å². The Kier molecular flexibility index (Phi) is 6.72. The molecule has 0 aliphatic carbocycles. The Morgan fingerprint density at radius 1 is 1.20 bits per heavy atom. The topological polar surface area (TPSA) is 72.9 Å². The van der Waals surface area contributed by atoms with E-state index in [1.807, 2.05) is 17.5 Å². The number of rotatable bonds is 7. The van der Waals surface area contributed by atoms with Gasteiger partial charge >= 0.3 is 11.9 Å². The number of ether oxygens (including phenoxy) is 2. The minimum atomic E-state index is -0.519. The van der Waals surface area contributed by atoms with Gasteiger partial charge < -0.3 is 14.4 Å². The van der Waals surface area contributed by atoms with Gasteiger partial charge in [0.2, 0.25) is 5.91 Å². The number of nitrogens with zero attached hydrogens (tertiary/aromatic N) is 1. The highest BCUT2D eigenvalue weighted by atomic mass is 32.1. The van der Waals surface area contributed by atoms with Crippen molar-refractivity contribution in [2.75, 3.05) is 27.3 Å². The van der Waals surface area contributed by atoms with E-state index in [2.05, 4.69) is 9.47 Å². The Bertz CT molecular complexity index is 457. The number of carbonyl (C=O) groups excluding carboxylic acids is 3. The number of hydrogen-bond donors (Lipinski definition) is 0. The predicted octanol–water partition coefficient (Wildman–Crippen LogP) is 0.855. The van der Waals surface area contributed by atoms with E-state index < -0.39 is 11.9 Å². The first kappa shape index (κ1) is 16.2. The third-order valence-corrected chi connectivity index (χ3v) is 3.50. The maximum absolute atomic E-state index is 12.1. The van der Waals surface area contributed by atoms with Crippen molar-refractivity contribution < 1.29 is 23.9 Å². The molecule has 1 amide bonds. The molecule has 0 fully saturated rings.